The molecule has 6 heteroatoms. The SMILES string of the molecule is O=C(c1ccc2c(ccn2-c2ccc(OC3CCNCC3)cn2)c1)N1CCCC1. The molecule has 0 aliphatic carbocycles. The van der Waals surface area contributed by atoms with Crippen molar-refractivity contribution in [2.45, 2.75) is 31.8 Å². The van der Waals surface area contributed by atoms with Crippen molar-refractivity contribution in [3.63, 3.8) is 0 Å². The van der Waals surface area contributed by atoms with E-state index >= 15 is 0 Å². The number of carbonyl (C=O) groups excluding carboxylic acids is 1. The number of piperidine rings is 1. The summed E-state index contributed by atoms with van der Waals surface area (Å²) in [4.78, 5) is 19.2. The second kappa shape index (κ2) is 7.87. The highest BCUT2D eigenvalue weighted by atomic mass is 16.5. The van der Waals surface area contributed by atoms with Crippen LogP contribution >= 0.6 is 0 Å². The van der Waals surface area contributed by atoms with Gasteiger partial charge in [0.15, 0.2) is 0 Å². The summed E-state index contributed by atoms with van der Waals surface area (Å²) < 4.78 is 8.10. The topological polar surface area (TPSA) is 59.4 Å². The summed E-state index contributed by atoms with van der Waals surface area (Å²) in [5.74, 6) is 1.79. The summed E-state index contributed by atoms with van der Waals surface area (Å²) >= 11 is 0. The molecular weight excluding hydrogens is 364 g/mol. The van der Waals surface area contributed by atoms with E-state index in [-0.39, 0.29) is 12.0 Å². The van der Waals surface area contributed by atoms with Crippen molar-refractivity contribution in [1.29, 1.82) is 0 Å². The van der Waals surface area contributed by atoms with Gasteiger partial charge in [0.25, 0.3) is 5.91 Å². The number of nitrogens with zero attached hydrogens (tertiary/aromatic N) is 3. The lowest BCUT2D eigenvalue weighted by atomic mass is 10.1. The predicted octanol–water partition coefficient (Wildman–Crippen LogP) is 3.39. The maximum atomic E-state index is 12.7. The maximum Gasteiger partial charge on any atom is 0.253 e. The van der Waals surface area contributed by atoms with E-state index in [2.05, 4.69) is 10.3 Å². The minimum atomic E-state index is 0.134. The quantitative estimate of drug-likeness (QED) is 0.742. The number of ether oxygens (including phenoxy) is 1. The number of benzene rings is 1. The van der Waals surface area contributed by atoms with Crippen LogP contribution in [0.4, 0.5) is 0 Å². The van der Waals surface area contributed by atoms with Gasteiger partial charge >= 0.3 is 0 Å². The van der Waals surface area contributed by atoms with E-state index in [1.807, 2.05) is 52.1 Å². The molecule has 0 radical (unpaired) electrons. The second-order valence-corrected chi connectivity index (χ2v) is 7.88. The maximum absolute atomic E-state index is 12.7. The molecule has 1 aromatic carbocycles. The number of pyridine rings is 1. The molecule has 2 aliphatic rings. The van der Waals surface area contributed by atoms with Gasteiger partial charge in [0.1, 0.15) is 17.7 Å². The van der Waals surface area contributed by atoms with Crippen molar-refractivity contribution < 1.29 is 9.53 Å². The molecule has 5 rings (SSSR count). The van der Waals surface area contributed by atoms with Gasteiger partial charge in [-0.3, -0.25) is 4.79 Å². The van der Waals surface area contributed by atoms with E-state index in [4.69, 9.17) is 4.74 Å². The molecule has 1 N–H and O–H groups in total. The van der Waals surface area contributed by atoms with Crippen LogP contribution in [-0.2, 0) is 0 Å². The lowest BCUT2D eigenvalue weighted by Gasteiger charge is -2.23. The number of likely N-dealkylation sites (tertiary alicyclic amines) is 1. The molecule has 2 aromatic heterocycles. The Labute approximate surface area is 170 Å². The third-order valence-corrected chi connectivity index (χ3v) is 5.89. The highest BCUT2D eigenvalue weighted by Gasteiger charge is 2.20. The van der Waals surface area contributed by atoms with Gasteiger partial charge in [-0.05, 0) is 75.2 Å². The lowest BCUT2D eigenvalue weighted by Crippen LogP contribution is -2.34. The Morgan fingerprint density at radius 2 is 1.90 bits per heavy atom. The van der Waals surface area contributed by atoms with Crippen molar-refractivity contribution in [2.24, 2.45) is 0 Å². The zero-order valence-corrected chi connectivity index (χ0v) is 16.5. The van der Waals surface area contributed by atoms with Crippen molar-refractivity contribution in [3.05, 3.63) is 54.4 Å². The van der Waals surface area contributed by atoms with Crippen LogP contribution in [0.1, 0.15) is 36.0 Å². The highest BCUT2D eigenvalue weighted by molar-refractivity contribution is 5.98. The molecule has 2 fully saturated rings. The fourth-order valence-electron chi connectivity index (χ4n) is 4.27. The summed E-state index contributed by atoms with van der Waals surface area (Å²) in [5, 5.41) is 4.40. The van der Waals surface area contributed by atoms with Crippen LogP contribution < -0.4 is 10.1 Å². The van der Waals surface area contributed by atoms with Crippen molar-refractivity contribution in [1.82, 2.24) is 19.8 Å². The Bertz CT molecular complexity index is 999. The number of hydrogen-bond acceptors (Lipinski definition) is 4. The highest BCUT2D eigenvalue weighted by Crippen LogP contribution is 2.24. The van der Waals surface area contributed by atoms with Crippen LogP contribution in [-0.4, -0.2) is 52.6 Å². The molecule has 2 saturated heterocycles. The molecule has 6 nitrogen and oxygen atoms in total. The summed E-state index contributed by atoms with van der Waals surface area (Å²) in [7, 11) is 0. The van der Waals surface area contributed by atoms with E-state index in [9.17, 15) is 4.79 Å². The molecular formula is C23H26N4O2. The van der Waals surface area contributed by atoms with Crippen LogP contribution in [0.5, 0.6) is 5.75 Å². The average molecular weight is 390 g/mol. The Morgan fingerprint density at radius 3 is 2.66 bits per heavy atom. The van der Waals surface area contributed by atoms with E-state index < -0.39 is 0 Å². The number of rotatable bonds is 4. The molecule has 29 heavy (non-hydrogen) atoms. The molecule has 0 bridgehead atoms. The lowest BCUT2D eigenvalue weighted by molar-refractivity contribution is 0.0793. The van der Waals surface area contributed by atoms with Crippen LogP contribution in [0, 0.1) is 0 Å². The smallest absolute Gasteiger partial charge is 0.253 e. The normalized spacial score (nSPS) is 17.7. The Balaban J connectivity index is 1.35. The van der Waals surface area contributed by atoms with Gasteiger partial charge in [-0.25, -0.2) is 4.98 Å². The number of fused-ring (bicyclic) bond motifs is 1. The van der Waals surface area contributed by atoms with Gasteiger partial charge < -0.3 is 19.5 Å². The zero-order valence-electron chi connectivity index (χ0n) is 16.5. The Kier molecular flexibility index (Phi) is 4.94. The molecule has 3 aromatic rings. The van der Waals surface area contributed by atoms with E-state index in [0.29, 0.717) is 0 Å². The van der Waals surface area contributed by atoms with Crippen molar-refractivity contribution in [2.75, 3.05) is 26.2 Å². The minimum absolute atomic E-state index is 0.134. The van der Waals surface area contributed by atoms with Gasteiger partial charge in [-0.1, -0.05) is 0 Å². The monoisotopic (exact) mass is 390 g/mol. The molecule has 4 heterocycles. The van der Waals surface area contributed by atoms with E-state index in [0.717, 1.165) is 79.9 Å². The van der Waals surface area contributed by atoms with Crippen LogP contribution in [0.2, 0.25) is 0 Å². The first-order valence-corrected chi connectivity index (χ1v) is 10.5. The molecule has 0 spiro atoms. The number of nitrogens with one attached hydrogen (secondary N) is 1. The van der Waals surface area contributed by atoms with Crippen molar-refractivity contribution in [3.8, 4) is 11.6 Å². The fourth-order valence-corrected chi connectivity index (χ4v) is 4.27. The van der Waals surface area contributed by atoms with Crippen LogP contribution in [0.3, 0.4) is 0 Å². The third kappa shape index (κ3) is 3.72. The van der Waals surface area contributed by atoms with E-state index in [1.54, 1.807) is 6.20 Å². The fraction of sp³-hybridized carbons (Fsp3) is 0.391. The summed E-state index contributed by atoms with van der Waals surface area (Å²) in [6, 6.07) is 11.9. The number of aromatic nitrogens is 2. The first-order chi connectivity index (χ1) is 14.3. The first kappa shape index (κ1) is 18.2. The molecule has 0 saturated carbocycles. The van der Waals surface area contributed by atoms with Gasteiger partial charge in [-0.2, -0.15) is 0 Å². The zero-order chi connectivity index (χ0) is 19.6. The van der Waals surface area contributed by atoms with E-state index in [1.165, 1.54) is 0 Å². The summed E-state index contributed by atoms with van der Waals surface area (Å²) in [6.07, 6.45) is 8.34. The summed E-state index contributed by atoms with van der Waals surface area (Å²) in [6.45, 7) is 3.75. The van der Waals surface area contributed by atoms with Gasteiger partial charge in [-0.15, -0.1) is 0 Å². The van der Waals surface area contributed by atoms with Gasteiger partial charge in [0, 0.05) is 30.2 Å². The number of amides is 1. The van der Waals surface area contributed by atoms with Crippen LogP contribution in [0.15, 0.2) is 48.8 Å². The first-order valence-electron chi connectivity index (χ1n) is 10.5. The standard InChI is InChI=1S/C23H26N4O2/c28-23(26-12-1-2-13-26)18-3-5-21-17(15-18)9-14-27(21)22-6-4-20(16-25-22)29-19-7-10-24-11-8-19/h3-6,9,14-16,19,24H,1-2,7-8,10-13H2. The number of hydrogen-bond donors (Lipinski definition) is 1. The van der Waals surface area contributed by atoms with Gasteiger partial charge in [0.05, 0.1) is 11.7 Å². The molecule has 2 aliphatic heterocycles. The summed E-state index contributed by atoms with van der Waals surface area (Å²) in [5.41, 5.74) is 1.80. The average Bonchev–Trinajstić information content (AvgIpc) is 3.44. The molecule has 0 unspecified atom stereocenters. The van der Waals surface area contributed by atoms with Crippen LogP contribution in [0.25, 0.3) is 16.7 Å². The largest absolute Gasteiger partial charge is 0.489 e. The molecule has 1 amide bonds. The van der Waals surface area contributed by atoms with Gasteiger partial charge in [0.2, 0.25) is 0 Å². The molecule has 150 valence electrons. The number of carbonyl (C=O) groups is 1. The third-order valence-electron chi connectivity index (χ3n) is 5.89. The van der Waals surface area contributed by atoms with Crippen molar-refractivity contribution >= 4 is 16.8 Å². The Hall–Kier alpha value is -2.86. The molecule has 0 atom stereocenters. The second-order valence-electron chi connectivity index (χ2n) is 7.88. The minimum Gasteiger partial charge on any atom is -0.489 e. The Morgan fingerprint density at radius 1 is 1.07 bits per heavy atom. The predicted molar refractivity (Wildman–Crippen MR) is 113 cm³/mol.